The van der Waals surface area contributed by atoms with Crippen molar-refractivity contribution in [3.05, 3.63) is 42.0 Å². The molecule has 1 amide bonds. The summed E-state index contributed by atoms with van der Waals surface area (Å²) in [6, 6.07) is 4.21. The number of hydrogen-bond donors (Lipinski definition) is 2. The molecule has 0 saturated carbocycles. The predicted octanol–water partition coefficient (Wildman–Crippen LogP) is 1.18. The fourth-order valence-electron chi connectivity index (χ4n) is 2.22. The fraction of sp³-hybridized carbons (Fsp3) is 0.286. The monoisotopic (exact) mass is 260 g/mol. The summed E-state index contributed by atoms with van der Waals surface area (Å²) in [5.41, 5.74) is 7.59. The van der Waals surface area contributed by atoms with Crippen LogP contribution in [-0.2, 0) is 11.2 Å². The van der Waals surface area contributed by atoms with Gasteiger partial charge in [-0.05, 0) is 30.5 Å². The highest BCUT2D eigenvalue weighted by molar-refractivity contribution is 6.00. The number of nitrogens with two attached hydrogens (primary N) is 1. The molecule has 5 heteroatoms. The van der Waals surface area contributed by atoms with Gasteiger partial charge in [0.2, 0.25) is 5.91 Å². The first-order chi connectivity index (χ1) is 9.04. The van der Waals surface area contributed by atoms with Crippen LogP contribution in [0.2, 0.25) is 0 Å². The van der Waals surface area contributed by atoms with Gasteiger partial charge in [0.1, 0.15) is 0 Å². The van der Waals surface area contributed by atoms with E-state index in [2.05, 4.69) is 6.58 Å². The maximum atomic E-state index is 12.2. The van der Waals surface area contributed by atoms with Crippen LogP contribution in [0.3, 0.4) is 0 Å². The number of rotatable bonds is 4. The first kappa shape index (κ1) is 13.3. The first-order valence-corrected chi connectivity index (χ1v) is 6.08. The van der Waals surface area contributed by atoms with Crippen LogP contribution in [0.5, 0.6) is 0 Å². The van der Waals surface area contributed by atoms with Gasteiger partial charge >= 0.3 is 5.97 Å². The smallest absolute Gasteiger partial charge is 0.335 e. The van der Waals surface area contributed by atoms with Gasteiger partial charge < -0.3 is 15.7 Å². The molecule has 1 aromatic rings. The number of aromatic carboxylic acids is 1. The number of fused-ring (bicyclic) bond motifs is 1. The van der Waals surface area contributed by atoms with Gasteiger partial charge in [-0.15, -0.1) is 6.58 Å². The van der Waals surface area contributed by atoms with Crippen LogP contribution >= 0.6 is 0 Å². The summed E-state index contributed by atoms with van der Waals surface area (Å²) in [7, 11) is 0. The van der Waals surface area contributed by atoms with E-state index < -0.39 is 12.0 Å². The molecular weight excluding hydrogens is 244 g/mol. The number of nitrogens with zero attached hydrogens (tertiary/aromatic N) is 1. The molecule has 0 fully saturated rings. The number of carbonyl (C=O) groups excluding carboxylic acids is 1. The molecule has 3 N–H and O–H groups in total. The van der Waals surface area contributed by atoms with Crippen molar-refractivity contribution >= 4 is 17.6 Å². The molecule has 1 atom stereocenters. The van der Waals surface area contributed by atoms with Gasteiger partial charge in [-0.1, -0.05) is 12.1 Å². The second kappa shape index (κ2) is 5.24. The van der Waals surface area contributed by atoms with Crippen LogP contribution in [0.25, 0.3) is 0 Å². The Labute approximate surface area is 111 Å². The minimum atomic E-state index is -1.00. The Balaban J connectivity index is 2.29. The normalized spacial score (nSPS) is 14.9. The predicted molar refractivity (Wildman–Crippen MR) is 72.2 cm³/mol. The van der Waals surface area contributed by atoms with E-state index in [-0.39, 0.29) is 11.5 Å². The van der Waals surface area contributed by atoms with E-state index >= 15 is 0 Å². The highest BCUT2D eigenvalue weighted by Gasteiger charge is 2.28. The van der Waals surface area contributed by atoms with Crippen LogP contribution < -0.4 is 10.6 Å². The molecule has 0 saturated heterocycles. The second-order valence-corrected chi connectivity index (χ2v) is 4.52. The van der Waals surface area contributed by atoms with Crippen molar-refractivity contribution < 1.29 is 14.7 Å². The SMILES string of the molecule is C=CCC(N)C(=O)N1CCc2ccc(C(=O)O)cc21. The summed E-state index contributed by atoms with van der Waals surface area (Å²) in [6.07, 6.45) is 2.73. The number of hydrogen-bond acceptors (Lipinski definition) is 3. The molecule has 0 aliphatic carbocycles. The number of benzene rings is 1. The Morgan fingerprint density at radius 3 is 2.89 bits per heavy atom. The molecule has 1 aromatic carbocycles. The molecule has 1 aliphatic rings. The van der Waals surface area contributed by atoms with Gasteiger partial charge in [-0.25, -0.2) is 4.79 Å². The highest BCUT2D eigenvalue weighted by Crippen LogP contribution is 2.29. The lowest BCUT2D eigenvalue weighted by atomic mass is 10.1. The van der Waals surface area contributed by atoms with E-state index in [1.165, 1.54) is 6.07 Å². The molecule has 1 unspecified atom stereocenters. The average Bonchev–Trinajstić information content (AvgIpc) is 2.80. The summed E-state index contributed by atoms with van der Waals surface area (Å²) in [4.78, 5) is 24.7. The van der Waals surface area contributed by atoms with E-state index in [0.717, 1.165) is 12.0 Å². The van der Waals surface area contributed by atoms with E-state index in [9.17, 15) is 9.59 Å². The third kappa shape index (κ3) is 2.51. The Hall–Kier alpha value is -2.14. The van der Waals surface area contributed by atoms with Crippen LogP contribution in [-0.4, -0.2) is 29.6 Å². The lowest BCUT2D eigenvalue weighted by Crippen LogP contribution is -2.42. The number of carboxylic acids is 1. The molecule has 0 spiro atoms. The third-order valence-electron chi connectivity index (χ3n) is 3.23. The average molecular weight is 260 g/mol. The Morgan fingerprint density at radius 2 is 2.26 bits per heavy atom. The van der Waals surface area contributed by atoms with E-state index in [1.807, 2.05) is 0 Å². The van der Waals surface area contributed by atoms with Crippen LogP contribution in [0.15, 0.2) is 30.9 Å². The number of carbonyl (C=O) groups is 2. The van der Waals surface area contributed by atoms with Crippen LogP contribution in [0.1, 0.15) is 22.3 Å². The minimum Gasteiger partial charge on any atom is -0.478 e. The Kier molecular flexibility index (Phi) is 3.66. The zero-order chi connectivity index (χ0) is 14.0. The van der Waals surface area contributed by atoms with Crippen molar-refractivity contribution in [3.8, 4) is 0 Å². The van der Waals surface area contributed by atoms with Crippen molar-refractivity contribution in [1.82, 2.24) is 0 Å². The van der Waals surface area contributed by atoms with Gasteiger partial charge in [0.05, 0.1) is 11.6 Å². The van der Waals surface area contributed by atoms with Crippen molar-refractivity contribution in [2.24, 2.45) is 5.73 Å². The molecular formula is C14H16N2O3. The van der Waals surface area contributed by atoms with E-state index in [1.54, 1.807) is 23.1 Å². The molecule has 0 radical (unpaired) electrons. The number of carboxylic acid groups (broad SMARTS) is 1. The molecule has 0 aromatic heterocycles. The quantitative estimate of drug-likeness (QED) is 0.796. The summed E-state index contributed by atoms with van der Waals surface area (Å²) < 4.78 is 0. The van der Waals surface area contributed by atoms with Crippen molar-refractivity contribution in [2.45, 2.75) is 18.9 Å². The standard InChI is InChI=1S/C14H16N2O3/c1-2-3-11(15)13(17)16-7-6-9-4-5-10(14(18)19)8-12(9)16/h2,4-5,8,11H,1,3,6-7,15H2,(H,18,19). The molecule has 1 heterocycles. The van der Waals surface area contributed by atoms with Crippen molar-refractivity contribution in [2.75, 3.05) is 11.4 Å². The first-order valence-electron chi connectivity index (χ1n) is 6.08. The van der Waals surface area contributed by atoms with Gasteiger partial charge in [-0.3, -0.25) is 4.79 Å². The summed E-state index contributed by atoms with van der Waals surface area (Å²) in [6.45, 7) is 4.11. The largest absolute Gasteiger partial charge is 0.478 e. The zero-order valence-corrected chi connectivity index (χ0v) is 10.5. The molecule has 0 bridgehead atoms. The van der Waals surface area contributed by atoms with Crippen LogP contribution in [0.4, 0.5) is 5.69 Å². The van der Waals surface area contributed by atoms with Gasteiger partial charge in [0.15, 0.2) is 0 Å². The molecule has 5 nitrogen and oxygen atoms in total. The van der Waals surface area contributed by atoms with Gasteiger partial charge in [-0.2, -0.15) is 0 Å². The third-order valence-corrected chi connectivity index (χ3v) is 3.23. The van der Waals surface area contributed by atoms with Gasteiger partial charge in [0, 0.05) is 12.2 Å². The second-order valence-electron chi connectivity index (χ2n) is 4.52. The van der Waals surface area contributed by atoms with Crippen molar-refractivity contribution in [1.29, 1.82) is 0 Å². The lowest BCUT2D eigenvalue weighted by Gasteiger charge is -2.21. The van der Waals surface area contributed by atoms with E-state index in [0.29, 0.717) is 18.7 Å². The maximum Gasteiger partial charge on any atom is 0.335 e. The molecule has 2 rings (SSSR count). The number of amides is 1. The van der Waals surface area contributed by atoms with Crippen molar-refractivity contribution in [3.63, 3.8) is 0 Å². The lowest BCUT2D eigenvalue weighted by molar-refractivity contribution is -0.119. The molecule has 19 heavy (non-hydrogen) atoms. The molecule has 1 aliphatic heterocycles. The summed E-state index contributed by atoms with van der Waals surface area (Å²) in [5, 5.41) is 8.99. The van der Waals surface area contributed by atoms with E-state index in [4.69, 9.17) is 10.8 Å². The topological polar surface area (TPSA) is 83.6 Å². The molecule has 100 valence electrons. The number of anilines is 1. The summed E-state index contributed by atoms with van der Waals surface area (Å²) in [5.74, 6) is -1.20. The fourth-order valence-corrected chi connectivity index (χ4v) is 2.22. The Morgan fingerprint density at radius 1 is 1.53 bits per heavy atom. The zero-order valence-electron chi connectivity index (χ0n) is 10.5. The highest BCUT2D eigenvalue weighted by atomic mass is 16.4. The summed E-state index contributed by atoms with van der Waals surface area (Å²) >= 11 is 0. The van der Waals surface area contributed by atoms with Crippen LogP contribution in [0, 0.1) is 0 Å². The Bertz CT molecular complexity index is 539. The van der Waals surface area contributed by atoms with Gasteiger partial charge in [0.25, 0.3) is 0 Å². The minimum absolute atomic E-state index is 0.177. The maximum absolute atomic E-state index is 12.2.